The molecule has 2 aromatic rings. The second-order valence-electron chi connectivity index (χ2n) is 4.35. The number of nitrogens with zero attached hydrogens (tertiary/aromatic N) is 3. The highest BCUT2D eigenvalue weighted by Gasteiger charge is 2.15. The fourth-order valence-corrected chi connectivity index (χ4v) is 2.30. The number of hydrogen-bond donors (Lipinski definition) is 1. The Balaban J connectivity index is 2.38. The molecule has 0 fully saturated rings. The van der Waals surface area contributed by atoms with Crippen LogP contribution in [0.1, 0.15) is 31.3 Å². The van der Waals surface area contributed by atoms with Gasteiger partial charge in [-0.15, -0.1) is 5.10 Å². The van der Waals surface area contributed by atoms with Gasteiger partial charge in [0.15, 0.2) is 0 Å². The molecule has 0 aliphatic rings. The summed E-state index contributed by atoms with van der Waals surface area (Å²) < 4.78 is 1.77. The van der Waals surface area contributed by atoms with Crippen LogP contribution in [0.2, 0.25) is 10.0 Å². The first-order valence-electron chi connectivity index (χ1n) is 6.15. The SMILES string of the molecule is CCNC(C)c1nnn(-c2ccc(Cl)c(Cl)c2)c1C. The number of benzene rings is 1. The Kier molecular flexibility index (Phi) is 4.45. The van der Waals surface area contributed by atoms with Gasteiger partial charge in [0.05, 0.1) is 27.5 Å². The molecule has 2 rings (SSSR count). The molecule has 0 radical (unpaired) electrons. The van der Waals surface area contributed by atoms with Crippen molar-refractivity contribution >= 4 is 23.2 Å². The van der Waals surface area contributed by atoms with Gasteiger partial charge in [-0.25, -0.2) is 4.68 Å². The molecule has 19 heavy (non-hydrogen) atoms. The van der Waals surface area contributed by atoms with Crippen LogP contribution in [0.3, 0.4) is 0 Å². The molecule has 1 heterocycles. The first-order valence-corrected chi connectivity index (χ1v) is 6.91. The molecule has 0 amide bonds. The number of nitrogens with one attached hydrogen (secondary N) is 1. The van der Waals surface area contributed by atoms with Crippen LogP contribution >= 0.6 is 23.2 Å². The van der Waals surface area contributed by atoms with E-state index < -0.39 is 0 Å². The maximum Gasteiger partial charge on any atom is 0.103 e. The van der Waals surface area contributed by atoms with E-state index in [1.165, 1.54) is 0 Å². The first kappa shape index (κ1) is 14.3. The molecule has 1 unspecified atom stereocenters. The molecule has 1 N–H and O–H groups in total. The minimum atomic E-state index is 0.168. The average molecular weight is 299 g/mol. The lowest BCUT2D eigenvalue weighted by atomic mass is 10.2. The van der Waals surface area contributed by atoms with Crippen LogP contribution in [-0.2, 0) is 0 Å². The number of aromatic nitrogens is 3. The van der Waals surface area contributed by atoms with Crippen molar-refractivity contribution in [2.75, 3.05) is 6.54 Å². The third-order valence-corrected chi connectivity index (χ3v) is 3.74. The quantitative estimate of drug-likeness (QED) is 0.938. The zero-order chi connectivity index (χ0) is 14.0. The normalized spacial score (nSPS) is 12.7. The molecular weight excluding hydrogens is 283 g/mol. The number of hydrogen-bond acceptors (Lipinski definition) is 3. The van der Waals surface area contributed by atoms with Crippen molar-refractivity contribution in [2.24, 2.45) is 0 Å². The van der Waals surface area contributed by atoms with E-state index in [0.717, 1.165) is 23.6 Å². The molecule has 102 valence electrons. The smallest absolute Gasteiger partial charge is 0.103 e. The number of halogens is 2. The van der Waals surface area contributed by atoms with E-state index in [0.29, 0.717) is 10.0 Å². The Morgan fingerprint density at radius 2 is 2.05 bits per heavy atom. The third kappa shape index (κ3) is 2.91. The lowest BCUT2D eigenvalue weighted by Gasteiger charge is -2.10. The Hall–Kier alpha value is -1.10. The molecule has 0 bridgehead atoms. The van der Waals surface area contributed by atoms with Crippen LogP contribution in [0.5, 0.6) is 0 Å². The van der Waals surface area contributed by atoms with Gasteiger partial charge in [-0.2, -0.15) is 0 Å². The maximum absolute atomic E-state index is 6.03. The second-order valence-corrected chi connectivity index (χ2v) is 5.16. The minimum Gasteiger partial charge on any atom is -0.309 e. The lowest BCUT2D eigenvalue weighted by Crippen LogP contribution is -2.19. The standard InChI is InChI=1S/C13H16Cl2N4/c1-4-16-8(2)13-9(3)19(18-17-13)10-5-6-11(14)12(15)7-10/h5-8,16H,4H2,1-3H3. The van der Waals surface area contributed by atoms with Crippen LogP contribution in [0, 0.1) is 6.92 Å². The fraction of sp³-hybridized carbons (Fsp3) is 0.385. The Labute approximate surface area is 122 Å². The van der Waals surface area contributed by atoms with Crippen LogP contribution < -0.4 is 5.32 Å². The Morgan fingerprint density at radius 1 is 1.32 bits per heavy atom. The van der Waals surface area contributed by atoms with Crippen molar-refractivity contribution < 1.29 is 0 Å². The van der Waals surface area contributed by atoms with Crippen LogP contribution in [0.15, 0.2) is 18.2 Å². The monoisotopic (exact) mass is 298 g/mol. The van der Waals surface area contributed by atoms with Gasteiger partial charge in [-0.3, -0.25) is 0 Å². The van der Waals surface area contributed by atoms with Gasteiger partial charge in [0, 0.05) is 0 Å². The molecule has 1 aromatic heterocycles. The third-order valence-electron chi connectivity index (χ3n) is 3.00. The van der Waals surface area contributed by atoms with E-state index in [2.05, 4.69) is 29.5 Å². The predicted octanol–water partition coefficient (Wildman–Crippen LogP) is 3.55. The summed E-state index contributed by atoms with van der Waals surface area (Å²) in [6.07, 6.45) is 0. The van der Waals surface area contributed by atoms with Gasteiger partial charge < -0.3 is 5.32 Å². The molecule has 4 nitrogen and oxygen atoms in total. The highest BCUT2D eigenvalue weighted by atomic mass is 35.5. The van der Waals surface area contributed by atoms with E-state index in [9.17, 15) is 0 Å². The van der Waals surface area contributed by atoms with Gasteiger partial charge in [-0.05, 0) is 38.6 Å². The molecule has 1 aromatic carbocycles. The van der Waals surface area contributed by atoms with Gasteiger partial charge in [-0.1, -0.05) is 35.3 Å². The Bertz CT molecular complexity index is 580. The zero-order valence-electron chi connectivity index (χ0n) is 11.1. The molecular formula is C13H16Cl2N4. The van der Waals surface area contributed by atoms with Crippen LogP contribution in [0.25, 0.3) is 5.69 Å². The molecule has 6 heteroatoms. The number of rotatable bonds is 4. The maximum atomic E-state index is 6.03. The van der Waals surface area contributed by atoms with Gasteiger partial charge >= 0.3 is 0 Å². The van der Waals surface area contributed by atoms with Crippen molar-refractivity contribution in [3.05, 3.63) is 39.6 Å². The fourth-order valence-electron chi connectivity index (χ4n) is 2.01. The summed E-state index contributed by atoms with van der Waals surface area (Å²) in [6.45, 7) is 7.01. The van der Waals surface area contributed by atoms with Crippen molar-refractivity contribution in [3.63, 3.8) is 0 Å². The molecule has 0 aliphatic carbocycles. The van der Waals surface area contributed by atoms with E-state index in [1.807, 2.05) is 13.0 Å². The van der Waals surface area contributed by atoms with Gasteiger partial charge in [0.1, 0.15) is 5.69 Å². The van der Waals surface area contributed by atoms with Crippen molar-refractivity contribution in [1.29, 1.82) is 0 Å². The highest BCUT2D eigenvalue weighted by Crippen LogP contribution is 2.25. The topological polar surface area (TPSA) is 42.7 Å². The van der Waals surface area contributed by atoms with Crippen LogP contribution in [0.4, 0.5) is 0 Å². The Morgan fingerprint density at radius 3 is 2.68 bits per heavy atom. The van der Waals surface area contributed by atoms with Gasteiger partial charge in [0.25, 0.3) is 0 Å². The first-order chi connectivity index (χ1) is 9.04. The highest BCUT2D eigenvalue weighted by molar-refractivity contribution is 6.42. The summed E-state index contributed by atoms with van der Waals surface area (Å²) in [6, 6.07) is 5.58. The summed E-state index contributed by atoms with van der Waals surface area (Å²) in [4.78, 5) is 0. The molecule has 0 spiro atoms. The minimum absolute atomic E-state index is 0.168. The van der Waals surface area contributed by atoms with Crippen molar-refractivity contribution in [2.45, 2.75) is 26.8 Å². The molecule has 0 saturated carbocycles. The van der Waals surface area contributed by atoms with Crippen LogP contribution in [-0.4, -0.2) is 21.5 Å². The molecule has 0 aliphatic heterocycles. The summed E-state index contributed by atoms with van der Waals surface area (Å²) in [7, 11) is 0. The summed E-state index contributed by atoms with van der Waals surface area (Å²) in [5.74, 6) is 0. The van der Waals surface area contributed by atoms with E-state index in [-0.39, 0.29) is 6.04 Å². The summed E-state index contributed by atoms with van der Waals surface area (Å²) >= 11 is 11.9. The van der Waals surface area contributed by atoms with E-state index in [4.69, 9.17) is 23.2 Å². The van der Waals surface area contributed by atoms with E-state index in [1.54, 1.807) is 16.8 Å². The van der Waals surface area contributed by atoms with Crippen molar-refractivity contribution in [1.82, 2.24) is 20.3 Å². The average Bonchev–Trinajstić information content (AvgIpc) is 2.75. The molecule has 1 atom stereocenters. The zero-order valence-corrected chi connectivity index (χ0v) is 12.6. The summed E-state index contributed by atoms with van der Waals surface area (Å²) in [5.41, 5.74) is 2.79. The van der Waals surface area contributed by atoms with E-state index >= 15 is 0 Å². The largest absolute Gasteiger partial charge is 0.309 e. The lowest BCUT2D eigenvalue weighted by molar-refractivity contribution is 0.579. The summed E-state index contributed by atoms with van der Waals surface area (Å²) in [5, 5.41) is 12.8. The predicted molar refractivity (Wildman–Crippen MR) is 78.2 cm³/mol. The second kappa shape index (κ2) is 5.90. The molecule has 0 saturated heterocycles. The van der Waals surface area contributed by atoms with Crippen molar-refractivity contribution in [3.8, 4) is 5.69 Å². The van der Waals surface area contributed by atoms with Gasteiger partial charge in [0.2, 0.25) is 0 Å².